The molecule has 1 saturated heterocycles. The monoisotopic (exact) mass is 286 g/mol. The molecule has 2 aliphatic carbocycles. The fraction of sp³-hybridized carbons (Fsp3) is 1.00. The van der Waals surface area contributed by atoms with E-state index >= 15 is 0 Å². The van der Waals surface area contributed by atoms with Crippen LogP contribution in [0.2, 0.25) is 0 Å². The largest absolute Gasteiger partial charge is 0.355 e. The molecular weight excluding hydrogens is 260 g/mol. The van der Waals surface area contributed by atoms with E-state index in [4.69, 9.17) is 0 Å². The lowest BCUT2D eigenvalue weighted by molar-refractivity contribution is 0.464. The second kappa shape index (κ2) is 5.62. The molecule has 0 aromatic heterocycles. The van der Waals surface area contributed by atoms with Crippen molar-refractivity contribution < 1.29 is 0 Å². The summed E-state index contributed by atoms with van der Waals surface area (Å²) in [4.78, 5) is 0. The van der Waals surface area contributed by atoms with E-state index in [2.05, 4.69) is 8.46 Å². The van der Waals surface area contributed by atoms with E-state index < -0.39 is 0 Å². The summed E-state index contributed by atoms with van der Waals surface area (Å²) in [5, 5.41) is 0. The van der Waals surface area contributed by atoms with Crippen LogP contribution in [0.4, 0.5) is 0 Å². The summed E-state index contributed by atoms with van der Waals surface area (Å²) < 4.78 is 6.35. The average Bonchev–Trinajstić information content (AvgIpc) is 3.03. The van der Waals surface area contributed by atoms with Gasteiger partial charge in [0.1, 0.15) is 0 Å². The Morgan fingerprint density at radius 2 is 0.875 bits per heavy atom. The highest BCUT2D eigenvalue weighted by Gasteiger charge is 2.30. The van der Waals surface area contributed by atoms with Gasteiger partial charge < -0.3 is 8.46 Å². The molecule has 1 aliphatic heterocycles. The second-order valence-electron chi connectivity index (χ2n) is 5.95. The molecule has 6 heteroatoms. The highest BCUT2D eigenvalue weighted by molar-refractivity contribution is 7.15. The number of nitrogens with zero attached hydrogens (tertiary/aromatic N) is 2. The maximum atomic E-state index is 3.18. The molecule has 1 heterocycles. The molecule has 0 bridgehead atoms. The van der Waals surface area contributed by atoms with Crippen molar-refractivity contribution in [1.29, 1.82) is 0 Å². The predicted molar refractivity (Wildman–Crippen MR) is 82.4 cm³/mol. The second-order valence-corrected chi connectivity index (χ2v) is 18.1. The third-order valence-corrected chi connectivity index (χ3v) is 29.3. The minimum atomic E-state index is 0.307. The molecule has 3 aliphatic rings. The maximum absolute atomic E-state index is 3.18. The van der Waals surface area contributed by atoms with Gasteiger partial charge in [0, 0.05) is 0 Å². The van der Waals surface area contributed by atoms with Crippen LogP contribution in [0.15, 0.2) is 0 Å². The van der Waals surface area contributed by atoms with E-state index in [0.29, 0.717) is 36.8 Å². The zero-order valence-electron chi connectivity index (χ0n) is 10.5. The van der Waals surface area contributed by atoms with Crippen LogP contribution in [-0.4, -0.2) is 57.3 Å². The summed E-state index contributed by atoms with van der Waals surface area (Å²) in [5.41, 5.74) is 0. The molecule has 2 nitrogen and oxygen atoms in total. The van der Waals surface area contributed by atoms with Crippen molar-refractivity contribution in [2.24, 2.45) is 0 Å². The number of hydrogen-bond acceptors (Lipinski definition) is 2. The van der Waals surface area contributed by atoms with Crippen molar-refractivity contribution in [2.75, 3.05) is 0 Å². The van der Waals surface area contributed by atoms with Gasteiger partial charge in [-0.05, 0) is 37.8 Å². The van der Waals surface area contributed by atoms with E-state index in [1.807, 2.05) is 0 Å². The standard InChI is InChI=1S/C10H26N2Si4/c1-2-6-9(5-1)11-13-15-12(16-14-11)10-7-3-4-8-10/h9-10H,1-8,13-16H2. The molecule has 0 radical (unpaired) electrons. The maximum Gasteiger partial charge on any atom is 0.0885 e. The van der Waals surface area contributed by atoms with Gasteiger partial charge in [0.2, 0.25) is 0 Å². The summed E-state index contributed by atoms with van der Waals surface area (Å²) in [5.74, 6) is 0. The Morgan fingerprint density at radius 1 is 0.562 bits per heavy atom. The smallest absolute Gasteiger partial charge is 0.0885 e. The number of rotatable bonds is 2. The first-order chi connectivity index (χ1) is 7.93. The Bertz CT molecular complexity index is 197. The molecule has 0 aromatic carbocycles. The Balaban J connectivity index is 1.47. The van der Waals surface area contributed by atoms with Gasteiger partial charge in [-0.2, -0.15) is 0 Å². The van der Waals surface area contributed by atoms with Crippen molar-refractivity contribution in [3.8, 4) is 0 Å². The van der Waals surface area contributed by atoms with E-state index in [1.165, 1.54) is 0 Å². The van der Waals surface area contributed by atoms with Crippen molar-refractivity contribution in [2.45, 2.75) is 63.5 Å². The summed E-state index contributed by atoms with van der Waals surface area (Å²) in [6.07, 6.45) is 12.6. The summed E-state index contributed by atoms with van der Waals surface area (Å²) in [6.45, 7) is 0. The van der Waals surface area contributed by atoms with Crippen LogP contribution in [0.1, 0.15) is 51.4 Å². The Hall–Kier alpha value is 0.788. The summed E-state index contributed by atoms with van der Waals surface area (Å²) in [7, 11) is 1.23. The normalized spacial score (nSPS) is 37.5. The number of hydrogen-bond donors (Lipinski definition) is 0. The third kappa shape index (κ3) is 2.61. The topological polar surface area (TPSA) is 6.48 Å². The fourth-order valence-electron chi connectivity index (χ4n) is 4.01. The quantitative estimate of drug-likeness (QED) is 0.580. The molecule has 2 saturated carbocycles. The van der Waals surface area contributed by atoms with Crippen molar-refractivity contribution in [3.63, 3.8) is 0 Å². The molecular formula is C10H26N2Si4. The first-order valence-electron chi connectivity index (χ1n) is 7.41. The highest BCUT2D eigenvalue weighted by Crippen LogP contribution is 2.25. The first kappa shape index (κ1) is 11.9. The summed E-state index contributed by atoms with van der Waals surface area (Å²) in [6, 6.07) is 2.29. The lowest BCUT2D eigenvalue weighted by Crippen LogP contribution is -2.59. The Labute approximate surface area is 109 Å². The van der Waals surface area contributed by atoms with Gasteiger partial charge in [-0.3, -0.25) is 0 Å². The Morgan fingerprint density at radius 3 is 1.19 bits per heavy atom. The highest BCUT2D eigenvalue weighted by atomic mass is 29.2. The molecule has 92 valence electrons. The van der Waals surface area contributed by atoms with Crippen molar-refractivity contribution in [3.05, 3.63) is 0 Å². The van der Waals surface area contributed by atoms with Crippen LogP contribution in [-0.2, 0) is 0 Å². The van der Waals surface area contributed by atoms with Crippen LogP contribution in [0.5, 0.6) is 0 Å². The van der Waals surface area contributed by atoms with Gasteiger partial charge in [0.05, 0.1) is 36.8 Å². The molecule has 3 rings (SSSR count). The van der Waals surface area contributed by atoms with Gasteiger partial charge in [0.25, 0.3) is 0 Å². The summed E-state index contributed by atoms with van der Waals surface area (Å²) >= 11 is 0. The van der Waals surface area contributed by atoms with Crippen LogP contribution in [0, 0.1) is 0 Å². The van der Waals surface area contributed by atoms with Crippen molar-refractivity contribution >= 4 is 36.8 Å². The van der Waals surface area contributed by atoms with E-state index in [0.717, 1.165) is 12.1 Å². The minimum absolute atomic E-state index is 0.307. The molecule has 16 heavy (non-hydrogen) atoms. The van der Waals surface area contributed by atoms with Gasteiger partial charge in [-0.15, -0.1) is 0 Å². The van der Waals surface area contributed by atoms with Gasteiger partial charge >= 0.3 is 0 Å². The van der Waals surface area contributed by atoms with Gasteiger partial charge in [-0.25, -0.2) is 0 Å². The van der Waals surface area contributed by atoms with E-state index in [9.17, 15) is 0 Å². The SMILES string of the molecule is C1CCC(N2[SiH2][SiH2]N(C3CCCC3)[SiH2][SiH2]2)C1. The molecule has 0 aromatic rings. The van der Waals surface area contributed by atoms with Crippen LogP contribution in [0.3, 0.4) is 0 Å². The van der Waals surface area contributed by atoms with Crippen LogP contribution < -0.4 is 0 Å². The van der Waals surface area contributed by atoms with Crippen molar-refractivity contribution in [1.82, 2.24) is 8.46 Å². The Kier molecular flexibility index (Phi) is 4.16. The zero-order chi connectivity index (χ0) is 10.8. The zero-order valence-corrected chi connectivity index (χ0v) is 16.2. The van der Waals surface area contributed by atoms with Gasteiger partial charge in [-0.1, -0.05) is 25.7 Å². The fourth-order valence-corrected chi connectivity index (χ4v) is 38.4. The minimum Gasteiger partial charge on any atom is -0.355 e. The van der Waals surface area contributed by atoms with Crippen LogP contribution in [0.25, 0.3) is 0 Å². The average molecular weight is 287 g/mol. The molecule has 0 amide bonds. The molecule has 0 N–H and O–H groups in total. The first-order valence-corrected chi connectivity index (χ1v) is 17.9. The van der Waals surface area contributed by atoms with E-state index in [1.54, 1.807) is 51.4 Å². The molecule has 0 atom stereocenters. The van der Waals surface area contributed by atoms with E-state index in [-0.39, 0.29) is 0 Å². The lowest BCUT2D eigenvalue weighted by Gasteiger charge is -2.40. The molecule has 0 spiro atoms. The third-order valence-electron chi connectivity index (χ3n) is 5.03. The molecule has 3 fully saturated rings. The van der Waals surface area contributed by atoms with Crippen LogP contribution >= 0.6 is 0 Å². The lowest BCUT2D eigenvalue weighted by atomic mass is 10.3. The van der Waals surface area contributed by atoms with Gasteiger partial charge in [0.15, 0.2) is 0 Å². The molecule has 0 unspecified atom stereocenters. The predicted octanol–water partition coefficient (Wildman–Crippen LogP) is -1.35.